The molecule has 0 radical (unpaired) electrons. The van der Waals surface area contributed by atoms with Crippen molar-refractivity contribution in [2.45, 2.75) is 0 Å². The fraction of sp³-hybridized carbons (Fsp3) is 0.125. The van der Waals surface area contributed by atoms with E-state index < -0.39 is 5.97 Å². The number of rotatable bonds is 1. The Kier molecular flexibility index (Phi) is 2.36. The molecule has 14 heavy (non-hydrogen) atoms. The van der Waals surface area contributed by atoms with Crippen LogP contribution in [0.1, 0.15) is 10.5 Å². The Morgan fingerprint density at radius 2 is 2.43 bits per heavy atom. The van der Waals surface area contributed by atoms with Crippen molar-refractivity contribution in [1.82, 2.24) is 15.2 Å². The summed E-state index contributed by atoms with van der Waals surface area (Å²) in [6.45, 7) is 0. The Labute approximate surface area is 93.0 Å². The number of hydrogen-bond acceptors (Lipinski definition) is 4. The van der Waals surface area contributed by atoms with Gasteiger partial charge in [0.2, 0.25) is 0 Å². The van der Waals surface area contributed by atoms with Crippen LogP contribution in [0.15, 0.2) is 12.3 Å². The minimum absolute atomic E-state index is 0.390. The second-order valence-corrected chi connectivity index (χ2v) is 3.79. The Morgan fingerprint density at radius 3 is 3.07 bits per heavy atom. The van der Waals surface area contributed by atoms with E-state index in [0.717, 1.165) is 8.96 Å². The summed E-state index contributed by atoms with van der Waals surface area (Å²) in [4.78, 5) is 14.0. The van der Waals surface area contributed by atoms with Gasteiger partial charge in [0.15, 0.2) is 5.65 Å². The number of nitrogens with one attached hydrogen (secondary N) is 1. The van der Waals surface area contributed by atoms with E-state index in [4.69, 9.17) is 0 Å². The smallest absolute Gasteiger partial charge is 0.354 e. The van der Waals surface area contributed by atoms with Crippen LogP contribution in [0.2, 0.25) is 0 Å². The first-order chi connectivity index (χ1) is 6.72. The highest BCUT2D eigenvalue weighted by Crippen LogP contribution is 2.18. The summed E-state index contributed by atoms with van der Waals surface area (Å²) < 4.78 is 5.53. The zero-order chi connectivity index (χ0) is 10.1. The van der Waals surface area contributed by atoms with Crippen molar-refractivity contribution in [2.24, 2.45) is 0 Å². The van der Waals surface area contributed by atoms with Gasteiger partial charge >= 0.3 is 5.97 Å². The van der Waals surface area contributed by atoms with E-state index in [0.29, 0.717) is 11.3 Å². The molecule has 0 amide bonds. The van der Waals surface area contributed by atoms with Gasteiger partial charge in [-0.3, -0.25) is 0 Å². The maximum Gasteiger partial charge on any atom is 0.354 e. The van der Waals surface area contributed by atoms with Gasteiger partial charge in [-0.1, -0.05) is 0 Å². The molecule has 0 atom stereocenters. The molecule has 0 aliphatic rings. The Morgan fingerprint density at radius 1 is 1.64 bits per heavy atom. The first kappa shape index (κ1) is 9.38. The van der Waals surface area contributed by atoms with Gasteiger partial charge in [-0.05, 0) is 28.7 Å². The summed E-state index contributed by atoms with van der Waals surface area (Å²) >= 11 is 2.13. The zero-order valence-corrected chi connectivity index (χ0v) is 9.40. The summed E-state index contributed by atoms with van der Waals surface area (Å²) in [5.41, 5.74) is 0.984. The highest BCUT2D eigenvalue weighted by Gasteiger charge is 2.11. The van der Waals surface area contributed by atoms with Crippen LogP contribution in [0.5, 0.6) is 0 Å². The van der Waals surface area contributed by atoms with Gasteiger partial charge < -0.3 is 9.72 Å². The number of aromatic nitrogens is 3. The molecular weight excluding hydrogens is 297 g/mol. The lowest BCUT2D eigenvalue weighted by atomic mass is 10.3. The maximum atomic E-state index is 11.2. The molecule has 2 aromatic rings. The third-order valence-corrected chi connectivity index (χ3v) is 2.65. The molecule has 0 saturated carbocycles. The van der Waals surface area contributed by atoms with Crippen LogP contribution in [-0.2, 0) is 4.74 Å². The molecule has 2 aromatic heterocycles. The van der Waals surface area contributed by atoms with Gasteiger partial charge in [0.05, 0.1) is 13.3 Å². The molecule has 6 heteroatoms. The Balaban J connectivity index is 2.62. The number of halogens is 1. The molecule has 2 rings (SSSR count). The second-order valence-electron chi connectivity index (χ2n) is 2.63. The van der Waals surface area contributed by atoms with Crippen LogP contribution in [0.25, 0.3) is 11.0 Å². The lowest BCUT2D eigenvalue weighted by molar-refractivity contribution is 0.0595. The maximum absolute atomic E-state index is 11.2. The van der Waals surface area contributed by atoms with Gasteiger partial charge in [-0.15, -0.1) is 5.10 Å². The Hall–Kier alpha value is -1.18. The van der Waals surface area contributed by atoms with Crippen LogP contribution in [0.3, 0.4) is 0 Å². The van der Waals surface area contributed by atoms with E-state index >= 15 is 0 Å². The van der Waals surface area contributed by atoms with Crippen molar-refractivity contribution in [2.75, 3.05) is 7.11 Å². The second kappa shape index (κ2) is 3.52. The number of aromatic amines is 1. The van der Waals surface area contributed by atoms with Gasteiger partial charge in [0.25, 0.3) is 0 Å². The Bertz CT molecular complexity index is 494. The highest BCUT2D eigenvalue weighted by atomic mass is 127. The number of nitrogens with zero attached hydrogens (tertiary/aromatic N) is 2. The molecule has 2 heterocycles. The summed E-state index contributed by atoms with van der Waals surface area (Å²) in [6.07, 6.45) is 1.64. The lowest BCUT2D eigenvalue weighted by Crippen LogP contribution is -2.00. The van der Waals surface area contributed by atoms with E-state index in [1.807, 2.05) is 0 Å². The summed E-state index contributed by atoms with van der Waals surface area (Å²) in [5.74, 6) is -0.404. The van der Waals surface area contributed by atoms with Gasteiger partial charge in [0.1, 0.15) is 5.69 Å². The van der Waals surface area contributed by atoms with Crippen LogP contribution in [0, 0.1) is 3.57 Å². The normalized spacial score (nSPS) is 10.4. The number of esters is 1. The average molecular weight is 303 g/mol. The molecular formula is C8H6IN3O2. The van der Waals surface area contributed by atoms with E-state index in [1.54, 1.807) is 12.3 Å². The van der Waals surface area contributed by atoms with E-state index in [1.165, 1.54) is 7.11 Å². The van der Waals surface area contributed by atoms with Crippen molar-refractivity contribution in [3.63, 3.8) is 0 Å². The van der Waals surface area contributed by atoms with E-state index in [2.05, 4.69) is 42.5 Å². The molecule has 0 aromatic carbocycles. The number of carbonyl (C=O) groups excluding carboxylic acids is 1. The van der Waals surface area contributed by atoms with Crippen molar-refractivity contribution in [1.29, 1.82) is 0 Å². The topological polar surface area (TPSA) is 67.9 Å². The number of ether oxygens (including phenoxy) is 1. The molecule has 5 nitrogen and oxygen atoms in total. The molecule has 0 fully saturated rings. The predicted octanol–water partition coefficient (Wildman–Crippen LogP) is 1.35. The van der Waals surface area contributed by atoms with Crippen LogP contribution in [-0.4, -0.2) is 28.3 Å². The molecule has 0 saturated heterocycles. The fourth-order valence-corrected chi connectivity index (χ4v) is 1.67. The number of hydrogen-bond donors (Lipinski definition) is 1. The average Bonchev–Trinajstić information content (AvgIpc) is 2.62. The first-order valence-electron chi connectivity index (χ1n) is 3.80. The highest BCUT2D eigenvalue weighted by molar-refractivity contribution is 14.1. The van der Waals surface area contributed by atoms with E-state index in [-0.39, 0.29) is 0 Å². The molecule has 0 bridgehead atoms. The largest absolute Gasteiger partial charge is 0.464 e. The summed E-state index contributed by atoms with van der Waals surface area (Å²) in [7, 11) is 1.34. The van der Waals surface area contributed by atoms with Crippen molar-refractivity contribution in [3.05, 3.63) is 21.5 Å². The fourth-order valence-electron chi connectivity index (χ4n) is 1.13. The van der Waals surface area contributed by atoms with Gasteiger partial charge in [0, 0.05) is 8.96 Å². The van der Waals surface area contributed by atoms with Crippen LogP contribution in [0.4, 0.5) is 0 Å². The molecule has 0 aliphatic carbocycles. The van der Waals surface area contributed by atoms with Gasteiger partial charge in [-0.2, -0.15) is 5.10 Å². The van der Waals surface area contributed by atoms with Crippen LogP contribution < -0.4 is 0 Å². The SMILES string of the molecule is COC(=O)c1cc2c(I)cnnc2[nH]1. The van der Waals surface area contributed by atoms with Gasteiger partial charge in [-0.25, -0.2) is 4.79 Å². The van der Waals surface area contributed by atoms with Crippen molar-refractivity contribution in [3.8, 4) is 0 Å². The minimum Gasteiger partial charge on any atom is -0.464 e. The summed E-state index contributed by atoms with van der Waals surface area (Å²) in [5, 5.41) is 8.51. The van der Waals surface area contributed by atoms with Crippen molar-refractivity contribution >= 4 is 39.6 Å². The number of H-pyrrole nitrogens is 1. The third-order valence-electron chi connectivity index (χ3n) is 1.79. The number of carbonyl (C=O) groups is 1. The molecule has 0 aliphatic heterocycles. The van der Waals surface area contributed by atoms with E-state index in [9.17, 15) is 4.79 Å². The molecule has 1 N–H and O–H groups in total. The first-order valence-corrected chi connectivity index (χ1v) is 4.88. The standard InChI is InChI=1S/C8H6IN3O2/c1-14-8(13)6-2-4-5(9)3-10-12-7(4)11-6/h2-3H,1H3,(H,11,12). The minimum atomic E-state index is -0.404. The van der Waals surface area contributed by atoms with Crippen LogP contribution >= 0.6 is 22.6 Å². The molecule has 0 unspecified atom stereocenters. The monoisotopic (exact) mass is 303 g/mol. The predicted molar refractivity (Wildman–Crippen MR) is 57.9 cm³/mol. The lowest BCUT2D eigenvalue weighted by Gasteiger charge is -1.91. The third kappa shape index (κ3) is 1.45. The number of fused-ring (bicyclic) bond motifs is 1. The molecule has 0 spiro atoms. The number of methoxy groups -OCH3 is 1. The quantitative estimate of drug-likeness (QED) is 0.638. The zero-order valence-electron chi connectivity index (χ0n) is 7.24. The van der Waals surface area contributed by atoms with Crippen molar-refractivity contribution < 1.29 is 9.53 Å². The molecule has 72 valence electrons. The summed E-state index contributed by atoms with van der Waals surface area (Å²) in [6, 6.07) is 1.71.